The molecule has 1 atom stereocenters. The van der Waals surface area contributed by atoms with Crippen molar-refractivity contribution in [1.29, 1.82) is 0 Å². The smallest absolute Gasteiger partial charge is 0.119 e. The molecule has 116 valence electrons. The van der Waals surface area contributed by atoms with Crippen LogP contribution in [0.4, 0.5) is 0 Å². The van der Waals surface area contributed by atoms with Crippen molar-refractivity contribution in [3.8, 4) is 5.75 Å². The van der Waals surface area contributed by atoms with E-state index in [1.54, 1.807) is 0 Å². The van der Waals surface area contributed by atoms with Crippen LogP contribution in [0.3, 0.4) is 0 Å². The van der Waals surface area contributed by atoms with Crippen LogP contribution in [0.5, 0.6) is 5.75 Å². The molecule has 0 spiro atoms. The Balaban J connectivity index is 1.45. The Morgan fingerprint density at radius 3 is 2.57 bits per heavy atom. The third-order valence-electron chi connectivity index (χ3n) is 4.42. The van der Waals surface area contributed by atoms with Crippen LogP contribution in [0.1, 0.15) is 31.2 Å². The lowest BCUT2D eigenvalue weighted by atomic mass is 10.1. The molecule has 1 unspecified atom stereocenters. The van der Waals surface area contributed by atoms with Crippen molar-refractivity contribution in [1.82, 2.24) is 4.90 Å². The van der Waals surface area contributed by atoms with Crippen LogP contribution in [0.2, 0.25) is 0 Å². The molecule has 0 amide bonds. The Bertz CT molecular complexity index is 421. The molecule has 2 fully saturated rings. The molecule has 0 radical (unpaired) electrons. The largest absolute Gasteiger partial charge is 0.491 e. The lowest BCUT2D eigenvalue weighted by molar-refractivity contribution is 0.0679. The number of nitrogens with two attached hydrogens (primary N) is 1. The first kappa shape index (κ1) is 14.8. The number of nitrogens with zero attached hydrogens (tertiary/aromatic N) is 1. The fourth-order valence-electron chi connectivity index (χ4n) is 3.03. The van der Waals surface area contributed by atoms with E-state index in [2.05, 4.69) is 29.2 Å². The number of ether oxygens (including phenoxy) is 2. The van der Waals surface area contributed by atoms with Gasteiger partial charge in [0.05, 0.1) is 6.10 Å². The lowest BCUT2D eigenvalue weighted by Gasteiger charge is -2.30. The van der Waals surface area contributed by atoms with Gasteiger partial charge in [-0.1, -0.05) is 12.1 Å². The van der Waals surface area contributed by atoms with E-state index in [-0.39, 0.29) is 6.10 Å². The van der Waals surface area contributed by atoms with E-state index in [1.807, 2.05) is 0 Å². The Morgan fingerprint density at radius 1 is 1.14 bits per heavy atom. The summed E-state index contributed by atoms with van der Waals surface area (Å²) < 4.78 is 11.4. The molecule has 0 aromatic heterocycles. The SMILES string of the molecule is NC1CCN(Cc2ccc(OCC3CCCO3)cc2)CC1. The van der Waals surface area contributed by atoms with Crippen LogP contribution >= 0.6 is 0 Å². The highest BCUT2D eigenvalue weighted by atomic mass is 16.5. The molecule has 2 N–H and O–H groups in total. The minimum absolute atomic E-state index is 0.280. The van der Waals surface area contributed by atoms with Gasteiger partial charge in [0.15, 0.2) is 0 Å². The molecule has 21 heavy (non-hydrogen) atoms. The lowest BCUT2D eigenvalue weighted by Crippen LogP contribution is -2.39. The van der Waals surface area contributed by atoms with Gasteiger partial charge in [0.25, 0.3) is 0 Å². The number of piperidine rings is 1. The van der Waals surface area contributed by atoms with Crippen molar-refractivity contribution in [3.05, 3.63) is 29.8 Å². The maximum atomic E-state index is 5.94. The fraction of sp³-hybridized carbons (Fsp3) is 0.647. The molecule has 3 rings (SSSR count). The Morgan fingerprint density at radius 2 is 1.90 bits per heavy atom. The number of likely N-dealkylation sites (tertiary alicyclic amines) is 1. The van der Waals surface area contributed by atoms with Gasteiger partial charge in [0.2, 0.25) is 0 Å². The molecule has 4 nitrogen and oxygen atoms in total. The Kier molecular flexibility index (Phi) is 5.12. The van der Waals surface area contributed by atoms with Crippen molar-refractivity contribution in [2.75, 3.05) is 26.3 Å². The molecular weight excluding hydrogens is 264 g/mol. The summed E-state index contributed by atoms with van der Waals surface area (Å²) in [7, 11) is 0. The van der Waals surface area contributed by atoms with Gasteiger partial charge >= 0.3 is 0 Å². The van der Waals surface area contributed by atoms with Gasteiger partial charge < -0.3 is 15.2 Å². The van der Waals surface area contributed by atoms with E-state index in [0.717, 1.165) is 57.7 Å². The maximum Gasteiger partial charge on any atom is 0.119 e. The molecule has 4 heteroatoms. The number of rotatable bonds is 5. The van der Waals surface area contributed by atoms with Gasteiger partial charge in [-0.25, -0.2) is 0 Å². The molecule has 0 saturated carbocycles. The van der Waals surface area contributed by atoms with E-state index in [4.69, 9.17) is 15.2 Å². The Hall–Kier alpha value is -1.10. The summed E-state index contributed by atoms with van der Waals surface area (Å²) in [5, 5.41) is 0. The average Bonchev–Trinajstić information content (AvgIpc) is 3.02. The molecule has 1 aromatic rings. The summed E-state index contributed by atoms with van der Waals surface area (Å²) >= 11 is 0. The summed E-state index contributed by atoms with van der Waals surface area (Å²) in [5.41, 5.74) is 7.28. The van der Waals surface area contributed by atoms with Gasteiger partial charge in [-0.15, -0.1) is 0 Å². The predicted octanol–water partition coefficient (Wildman–Crippen LogP) is 2.17. The highest BCUT2D eigenvalue weighted by Crippen LogP contribution is 2.18. The first-order chi connectivity index (χ1) is 10.3. The van der Waals surface area contributed by atoms with E-state index in [1.165, 1.54) is 5.56 Å². The van der Waals surface area contributed by atoms with Crippen molar-refractivity contribution in [2.45, 2.75) is 44.4 Å². The number of hydrogen-bond donors (Lipinski definition) is 1. The molecule has 2 saturated heterocycles. The first-order valence-electron chi connectivity index (χ1n) is 8.11. The van der Waals surface area contributed by atoms with Crippen LogP contribution in [-0.2, 0) is 11.3 Å². The third kappa shape index (κ3) is 4.43. The average molecular weight is 290 g/mol. The van der Waals surface area contributed by atoms with Gasteiger partial charge in [-0.05, 0) is 56.5 Å². The van der Waals surface area contributed by atoms with Crippen LogP contribution in [0.15, 0.2) is 24.3 Å². The van der Waals surface area contributed by atoms with E-state index in [9.17, 15) is 0 Å². The summed E-state index contributed by atoms with van der Waals surface area (Å²) in [5.74, 6) is 0.940. The second-order valence-corrected chi connectivity index (χ2v) is 6.20. The molecule has 0 bridgehead atoms. The van der Waals surface area contributed by atoms with Gasteiger partial charge in [-0.3, -0.25) is 4.90 Å². The monoisotopic (exact) mass is 290 g/mol. The van der Waals surface area contributed by atoms with Gasteiger partial charge in [-0.2, -0.15) is 0 Å². The predicted molar refractivity (Wildman–Crippen MR) is 83.4 cm³/mol. The zero-order valence-electron chi connectivity index (χ0n) is 12.7. The molecular formula is C17H26N2O2. The summed E-state index contributed by atoms with van der Waals surface area (Å²) in [6.45, 7) is 4.78. The second kappa shape index (κ2) is 7.25. The van der Waals surface area contributed by atoms with Crippen molar-refractivity contribution < 1.29 is 9.47 Å². The molecule has 2 heterocycles. The quantitative estimate of drug-likeness (QED) is 0.903. The molecule has 1 aromatic carbocycles. The summed E-state index contributed by atoms with van der Waals surface area (Å²) in [6, 6.07) is 8.87. The van der Waals surface area contributed by atoms with Crippen LogP contribution in [0.25, 0.3) is 0 Å². The summed E-state index contributed by atoms with van der Waals surface area (Å²) in [4.78, 5) is 2.48. The summed E-state index contributed by atoms with van der Waals surface area (Å²) in [6.07, 6.45) is 4.79. The maximum absolute atomic E-state index is 5.94. The third-order valence-corrected chi connectivity index (χ3v) is 4.42. The minimum atomic E-state index is 0.280. The first-order valence-corrected chi connectivity index (χ1v) is 8.11. The fourth-order valence-corrected chi connectivity index (χ4v) is 3.03. The normalized spacial score (nSPS) is 24.3. The van der Waals surface area contributed by atoms with Crippen LogP contribution in [-0.4, -0.2) is 43.3 Å². The van der Waals surface area contributed by atoms with Crippen molar-refractivity contribution >= 4 is 0 Å². The zero-order chi connectivity index (χ0) is 14.5. The number of hydrogen-bond acceptors (Lipinski definition) is 4. The number of benzene rings is 1. The van der Waals surface area contributed by atoms with E-state index < -0.39 is 0 Å². The second-order valence-electron chi connectivity index (χ2n) is 6.20. The molecule has 0 aliphatic carbocycles. The van der Waals surface area contributed by atoms with E-state index in [0.29, 0.717) is 12.6 Å². The standard InChI is InChI=1S/C17H26N2O2/c18-15-7-9-19(10-8-15)12-14-3-5-16(6-4-14)21-13-17-2-1-11-20-17/h3-6,15,17H,1-2,7-13,18H2. The van der Waals surface area contributed by atoms with Gasteiger partial charge in [0.1, 0.15) is 12.4 Å². The van der Waals surface area contributed by atoms with E-state index >= 15 is 0 Å². The van der Waals surface area contributed by atoms with Crippen LogP contribution in [0, 0.1) is 0 Å². The van der Waals surface area contributed by atoms with Crippen LogP contribution < -0.4 is 10.5 Å². The van der Waals surface area contributed by atoms with Gasteiger partial charge in [0, 0.05) is 19.2 Å². The highest BCUT2D eigenvalue weighted by molar-refractivity contribution is 5.27. The Labute approximate surface area is 127 Å². The molecule has 2 aliphatic heterocycles. The topological polar surface area (TPSA) is 47.7 Å². The van der Waals surface area contributed by atoms with Crippen molar-refractivity contribution in [2.24, 2.45) is 5.73 Å². The minimum Gasteiger partial charge on any atom is -0.491 e. The zero-order valence-corrected chi connectivity index (χ0v) is 12.7. The highest BCUT2D eigenvalue weighted by Gasteiger charge is 2.17. The van der Waals surface area contributed by atoms with Crippen molar-refractivity contribution in [3.63, 3.8) is 0 Å². The molecule has 2 aliphatic rings.